The van der Waals surface area contributed by atoms with E-state index in [1.165, 1.54) is 103 Å². The van der Waals surface area contributed by atoms with Crippen molar-refractivity contribution in [1.29, 1.82) is 0 Å². The van der Waals surface area contributed by atoms with E-state index in [-0.39, 0.29) is 6.61 Å². The average molecular weight is 583 g/mol. The molecule has 2 atom stereocenters. The number of unbranched alkanes of at least 4 members (excludes halogenated alkanes) is 17. The minimum Gasteiger partial charge on any atom is -0.393 e. The number of aliphatic hydroxyl groups is 1. The minimum atomic E-state index is -3.20. The maximum atomic E-state index is 12.9. The van der Waals surface area contributed by atoms with Gasteiger partial charge < -0.3 is 14.6 Å². The number of rotatable bonds is 27. The van der Waals surface area contributed by atoms with Crippen LogP contribution in [0.25, 0.3) is 0 Å². The number of aliphatic hydroxyl groups excluding tert-OH is 1. The van der Waals surface area contributed by atoms with Gasteiger partial charge in [-0.2, -0.15) is 0 Å². The molecular formula is C32H59N2O5P. The highest BCUT2D eigenvalue weighted by atomic mass is 31.2. The van der Waals surface area contributed by atoms with Crippen molar-refractivity contribution in [2.75, 3.05) is 26.3 Å². The van der Waals surface area contributed by atoms with Crippen molar-refractivity contribution in [3.05, 3.63) is 35.9 Å². The third-order valence-electron chi connectivity index (χ3n) is 7.59. The molecule has 0 saturated carbocycles. The van der Waals surface area contributed by atoms with Gasteiger partial charge in [-0.25, -0.2) is 10.2 Å². The van der Waals surface area contributed by atoms with E-state index in [9.17, 15) is 9.67 Å². The van der Waals surface area contributed by atoms with E-state index in [0.717, 1.165) is 18.4 Å². The fraction of sp³-hybridized carbons (Fsp3) is 0.812. The highest BCUT2D eigenvalue weighted by Gasteiger charge is 2.35. The Hall–Kier alpha value is -0.790. The van der Waals surface area contributed by atoms with Crippen molar-refractivity contribution in [1.82, 2.24) is 10.2 Å². The molecule has 2 unspecified atom stereocenters. The van der Waals surface area contributed by atoms with Gasteiger partial charge >= 0.3 is 7.67 Å². The number of benzene rings is 1. The SMILES string of the molecule is CCCCCCCCCCCCCCCCCCCCOC(OP1(=O)NCCN1)C(CO)OCc1ccccc1. The van der Waals surface area contributed by atoms with Gasteiger partial charge in [0.1, 0.15) is 6.10 Å². The topological polar surface area (TPSA) is 89.1 Å². The van der Waals surface area contributed by atoms with E-state index >= 15 is 0 Å². The molecule has 0 amide bonds. The molecule has 1 aromatic carbocycles. The Labute approximate surface area is 245 Å². The number of nitrogens with one attached hydrogen (secondary N) is 2. The van der Waals surface area contributed by atoms with Crippen molar-refractivity contribution in [3.63, 3.8) is 0 Å². The maximum absolute atomic E-state index is 12.9. The summed E-state index contributed by atoms with van der Waals surface area (Å²) in [6, 6.07) is 9.77. The molecule has 1 heterocycles. The van der Waals surface area contributed by atoms with Gasteiger partial charge in [0.15, 0.2) is 6.29 Å². The van der Waals surface area contributed by atoms with Crippen molar-refractivity contribution in [2.45, 2.75) is 141 Å². The monoisotopic (exact) mass is 582 g/mol. The van der Waals surface area contributed by atoms with E-state index < -0.39 is 20.1 Å². The van der Waals surface area contributed by atoms with Crippen molar-refractivity contribution >= 4 is 7.67 Å². The van der Waals surface area contributed by atoms with Crippen LogP contribution in [0.4, 0.5) is 0 Å². The van der Waals surface area contributed by atoms with Crippen molar-refractivity contribution < 1.29 is 23.7 Å². The van der Waals surface area contributed by atoms with Crippen LogP contribution in [0.2, 0.25) is 0 Å². The van der Waals surface area contributed by atoms with Gasteiger partial charge in [0.2, 0.25) is 0 Å². The molecule has 0 aromatic heterocycles. The lowest BCUT2D eigenvalue weighted by Gasteiger charge is -2.28. The van der Waals surface area contributed by atoms with Crippen LogP contribution in [0.5, 0.6) is 0 Å². The maximum Gasteiger partial charge on any atom is 0.343 e. The fourth-order valence-electron chi connectivity index (χ4n) is 5.09. The van der Waals surface area contributed by atoms with Crippen LogP contribution in [-0.4, -0.2) is 43.8 Å². The van der Waals surface area contributed by atoms with Crippen LogP contribution in [0.3, 0.4) is 0 Å². The highest BCUT2D eigenvalue weighted by Crippen LogP contribution is 2.42. The summed E-state index contributed by atoms with van der Waals surface area (Å²) in [6.45, 7) is 3.94. The van der Waals surface area contributed by atoms with Gasteiger partial charge in [-0.3, -0.25) is 9.09 Å². The molecule has 232 valence electrons. The molecule has 0 aliphatic carbocycles. The van der Waals surface area contributed by atoms with Gasteiger partial charge in [0.25, 0.3) is 0 Å². The summed E-state index contributed by atoms with van der Waals surface area (Å²) in [5.74, 6) is 0. The molecule has 1 fully saturated rings. The molecule has 1 aliphatic rings. The Bertz CT molecular complexity index is 744. The van der Waals surface area contributed by atoms with Gasteiger partial charge in [0, 0.05) is 19.7 Å². The third kappa shape index (κ3) is 17.2. The van der Waals surface area contributed by atoms with Gasteiger partial charge in [-0.05, 0) is 12.0 Å². The Balaban J connectivity index is 1.50. The summed E-state index contributed by atoms with van der Waals surface area (Å²) in [6.07, 6.45) is 22.4. The lowest BCUT2D eigenvalue weighted by atomic mass is 10.0. The predicted molar refractivity (Wildman–Crippen MR) is 165 cm³/mol. The van der Waals surface area contributed by atoms with Crippen LogP contribution < -0.4 is 10.2 Å². The molecule has 0 radical (unpaired) electrons. The summed E-state index contributed by atoms with van der Waals surface area (Å²) in [5.41, 5.74) is 0.993. The normalized spacial score (nSPS) is 16.4. The van der Waals surface area contributed by atoms with Crippen molar-refractivity contribution in [2.24, 2.45) is 0 Å². The Morgan fingerprint density at radius 1 is 0.725 bits per heavy atom. The predicted octanol–water partition coefficient (Wildman–Crippen LogP) is 8.27. The summed E-state index contributed by atoms with van der Waals surface area (Å²) in [5, 5.41) is 15.7. The van der Waals surface area contributed by atoms with E-state index in [0.29, 0.717) is 26.3 Å². The van der Waals surface area contributed by atoms with Crippen LogP contribution in [0.1, 0.15) is 128 Å². The number of hydrogen-bond acceptors (Lipinski definition) is 5. The summed E-state index contributed by atoms with van der Waals surface area (Å²) >= 11 is 0. The zero-order valence-electron chi connectivity index (χ0n) is 25.3. The van der Waals surface area contributed by atoms with Crippen molar-refractivity contribution in [3.8, 4) is 0 Å². The molecule has 7 nitrogen and oxygen atoms in total. The van der Waals surface area contributed by atoms with Gasteiger partial charge in [-0.1, -0.05) is 146 Å². The van der Waals surface area contributed by atoms with E-state index in [1.807, 2.05) is 30.3 Å². The van der Waals surface area contributed by atoms with Crippen LogP contribution in [0, 0.1) is 0 Å². The molecule has 0 spiro atoms. The summed E-state index contributed by atoms with van der Waals surface area (Å²) < 4.78 is 30.6. The summed E-state index contributed by atoms with van der Waals surface area (Å²) in [4.78, 5) is 0. The highest BCUT2D eigenvalue weighted by molar-refractivity contribution is 7.55. The van der Waals surface area contributed by atoms with E-state index in [1.54, 1.807) is 0 Å². The first-order chi connectivity index (χ1) is 19.7. The number of ether oxygens (including phenoxy) is 2. The lowest BCUT2D eigenvalue weighted by molar-refractivity contribution is -0.179. The molecule has 8 heteroatoms. The van der Waals surface area contributed by atoms with Crippen LogP contribution >= 0.6 is 7.67 Å². The smallest absolute Gasteiger partial charge is 0.343 e. The molecule has 1 aromatic rings. The second kappa shape index (κ2) is 23.7. The third-order valence-corrected chi connectivity index (χ3v) is 9.37. The zero-order chi connectivity index (χ0) is 28.6. The second-order valence-corrected chi connectivity index (χ2v) is 13.2. The summed E-state index contributed by atoms with van der Waals surface area (Å²) in [7, 11) is -3.20. The minimum absolute atomic E-state index is 0.281. The van der Waals surface area contributed by atoms with Gasteiger partial charge in [0.05, 0.1) is 13.2 Å². The Morgan fingerprint density at radius 3 is 1.68 bits per heavy atom. The fourth-order valence-corrected chi connectivity index (χ4v) is 6.65. The first-order valence-electron chi connectivity index (χ1n) is 16.3. The molecule has 1 aliphatic heterocycles. The standard InChI is InChI=1S/C32H59N2O5P/c1-2-3-4-5-6-7-8-9-10-11-12-13-14-15-16-17-18-22-27-37-32(39-40(36)33-25-26-34-40)31(28-35)38-29-30-23-20-19-21-24-30/h19-21,23-24,31-32,35H,2-18,22,25-29H2,1H3,(H2,33,34,36). The molecular weight excluding hydrogens is 523 g/mol. The molecule has 3 N–H and O–H groups in total. The molecule has 40 heavy (non-hydrogen) atoms. The molecule has 2 rings (SSSR count). The average Bonchev–Trinajstić information content (AvgIpc) is 3.40. The van der Waals surface area contributed by atoms with E-state index in [4.69, 9.17) is 14.0 Å². The first-order valence-corrected chi connectivity index (χ1v) is 18.0. The molecule has 0 bridgehead atoms. The number of hydrogen-bond donors (Lipinski definition) is 3. The van der Waals surface area contributed by atoms with Gasteiger partial charge in [-0.15, -0.1) is 0 Å². The zero-order valence-corrected chi connectivity index (χ0v) is 26.2. The quantitative estimate of drug-likeness (QED) is 0.0546. The molecule has 1 saturated heterocycles. The lowest BCUT2D eigenvalue weighted by Crippen LogP contribution is -2.38. The van der Waals surface area contributed by atoms with Crippen LogP contribution in [0.15, 0.2) is 30.3 Å². The van der Waals surface area contributed by atoms with E-state index in [2.05, 4.69) is 17.1 Å². The Kier molecular flexibility index (Phi) is 21.0. The Morgan fingerprint density at radius 2 is 1.20 bits per heavy atom. The largest absolute Gasteiger partial charge is 0.393 e. The van der Waals surface area contributed by atoms with Crippen LogP contribution in [-0.2, 0) is 25.2 Å². The second-order valence-electron chi connectivity index (χ2n) is 11.2. The first kappa shape index (κ1) is 35.4.